The number of guanidine groups is 1. The molecule has 0 bridgehead atoms. The smallest absolute Gasteiger partial charge is 0.191 e. The molecule has 1 aliphatic rings. The molecule has 24 heavy (non-hydrogen) atoms. The van der Waals surface area contributed by atoms with Crippen LogP contribution in [0.15, 0.2) is 33.7 Å². The minimum Gasteiger partial charge on any atom is -0.357 e. The third kappa shape index (κ3) is 7.70. The highest BCUT2D eigenvalue weighted by molar-refractivity contribution is 14.0. The summed E-state index contributed by atoms with van der Waals surface area (Å²) in [5.74, 6) is 0.932. The maximum atomic E-state index is 4.73. The van der Waals surface area contributed by atoms with E-state index in [1.165, 1.54) is 44.5 Å². The summed E-state index contributed by atoms with van der Waals surface area (Å²) in [5, 5.41) is 6.97. The fourth-order valence-electron chi connectivity index (χ4n) is 2.94. The lowest BCUT2D eigenvalue weighted by Crippen LogP contribution is -2.48. The third-order valence-corrected chi connectivity index (χ3v) is 4.61. The normalized spacial score (nSPS) is 16.5. The van der Waals surface area contributed by atoms with Crippen molar-refractivity contribution in [3.8, 4) is 0 Å². The first-order chi connectivity index (χ1) is 11.2. The molecular formula is C18H30BrIN4. The highest BCUT2D eigenvalue weighted by atomic mass is 127. The van der Waals surface area contributed by atoms with Crippen molar-refractivity contribution in [3.63, 3.8) is 0 Å². The van der Waals surface area contributed by atoms with Gasteiger partial charge in [0.2, 0.25) is 0 Å². The van der Waals surface area contributed by atoms with Gasteiger partial charge in [0.25, 0.3) is 0 Å². The van der Waals surface area contributed by atoms with Gasteiger partial charge in [0.1, 0.15) is 0 Å². The number of hydrogen-bond acceptors (Lipinski definition) is 2. The van der Waals surface area contributed by atoms with Gasteiger partial charge >= 0.3 is 0 Å². The molecule has 0 radical (unpaired) electrons. The number of halogens is 2. The van der Waals surface area contributed by atoms with E-state index in [0.29, 0.717) is 12.6 Å². The van der Waals surface area contributed by atoms with Gasteiger partial charge in [-0.25, -0.2) is 4.99 Å². The number of rotatable bonds is 6. The summed E-state index contributed by atoms with van der Waals surface area (Å²) in [6, 6.07) is 8.86. The second-order valence-electron chi connectivity index (χ2n) is 6.09. The standard InChI is InChI=1S/C18H29BrN4.HI/c1-3-10-23-11-8-17(9-12-23)22-18(20-4-2)21-14-15-6-5-7-16(19)13-15;/h5-7,13,17H,3-4,8-12,14H2,1-2H3,(H2,20,21,22);1H. The van der Waals surface area contributed by atoms with Crippen molar-refractivity contribution >= 4 is 45.9 Å². The highest BCUT2D eigenvalue weighted by Gasteiger charge is 2.19. The van der Waals surface area contributed by atoms with Crippen molar-refractivity contribution in [2.24, 2.45) is 4.99 Å². The molecule has 0 amide bonds. The van der Waals surface area contributed by atoms with Crippen molar-refractivity contribution < 1.29 is 0 Å². The summed E-state index contributed by atoms with van der Waals surface area (Å²) in [4.78, 5) is 7.29. The SMILES string of the molecule is CCCN1CCC(NC(=NCc2cccc(Br)c2)NCC)CC1.I. The maximum Gasteiger partial charge on any atom is 0.191 e. The molecule has 2 rings (SSSR count). The Morgan fingerprint density at radius 2 is 2.04 bits per heavy atom. The second kappa shape index (κ2) is 12.1. The van der Waals surface area contributed by atoms with E-state index in [1.807, 2.05) is 6.07 Å². The number of nitrogens with zero attached hydrogens (tertiary/aromatic N) is 2. The summed E-state index contributed by atoms with van der Waals surface area (Å²) in [6.07, 6.45) is 3.64. The van der Waals surface area contributed by atoms with Crippen molar-refractivity contribution in [2.75, 3.05) is 26.2 Å². The molecule has 136 valence electrons. The predicted molar refractivity (Wildman–Crippen MR) is 117 cm³/mol. The van der Waals surface area contributed by atoms with Crippen LogP contribution in [0.2, 0.25) is 0 Å². The van der Waals surface area contributed by atoms with Crippen molar-refractivity contribution in [3.05, 3.63) is 34.3 Å². The number of piperidine rings is 1. The number of benzene rings is 1. The first kappa shape index (κ1) is 21.7. The average Bonchev–Trinajstić information content (AvgIpc) is 2.55. The lowest BCUT2D eigenvalue weighted by molar-refractivity contribution is 0.206. The van der Waals surface area contributed by atoms with Gasteiger partial charge in [0, 0.05) is 30.1 Å². The number of aliphatic imine (C=N–C) groups is 1. The molecule has 6 heteroatoms. The predicted octanol–water partition coefficient (Wildman–Crippen LogP) is 4.00. The summed E-state index contributed by atoms with van der Waals surface area (Å²) >= 11 is 3.51. The largest absolute Gasteiger partial charge is 0.357 e. The Hall–Kier alpha value is -0.340. The fraction of sp³-hybridized carbons (Fsp3) is 0.611. The van der Waals surface area contributed by atoms with Gasteiger partial charge < -0.3 is 15.5 Å². The highest BCUT2D eigenvalue weighted by Crippen LogP contribution is 2.13. The summed E-state index contributed by atoms with van der Waals surface area (Å²) < 4.78 is 1.10. The van der Waals surface area contributed by atoms with Crippen LogP contribution >= 0.6 is 39.9 Å². The van der Waals surface area contributed by atoms with Crippen LogP contribution in [-0.2, 0) is 6.54 Å². The molecule has 1 saturated heterocycles. The van der Waals surface area contributed by atoms with Crippen LogP contribution < -0.4 is 10.6 Å². The molecule has 0 unspecified atom stereocenters. The quantitative estimate of drug-likeness (QED) is 0.346. The van der Waals surface area contributed by atoms with Gasteiger partial charge in [-0.3, -0.25) is 0 Å². The van der Waals surface area contributed by atoms with Crippen LogP contribution in [0.4, 0.5) is 0 Å². The van der Waals surface area contributed by atoms with E-state index >= 15 is 0 Å². The minimum atomic E-state index is 0. The summed E-state index contributed by atoms with van der Waals surface area (Å²) in [6.45, 7) is 9.56. The third-order valence-electron chi connectivity index (χ3n) is 4.12. The van der Waals surface area contributed by atoms with Gasteiger partial charge in [0.15, 0.2) is 5.96 Å². The first-order valence-electron chi connectivity index (χ1n) is 8.73. The lowest BCUT2D eigenvalue weighted by atomic mass is 10.1. The molecular weight excluding hydrogens is 479 g/mol. The molecule has 4 nitrogen and oxygen atoms in total. The fourth-order valence-corrected chi connectivity index (χ4v) is 3.38. The van der Waals surface area contributed by atoms with E-state index in [4.69, 9.17) is 4.99 Å². The molecule has 0 atom stereocenters. The van der Waals surface area contributed by atoms with E-state index in [2.05, 4.69) is 63.5 Å². The van der Waals surface area contributed by atoms with E-state index in [0.717, 1.165) is 17.0 Å². The van der Waals surface area contributed by atoms with Gasteiger partial charge in [-0.1, -0.05) is 35.0 Å². The van der Waals surface area contributed by atoms with Gasteiger partial charge in [-0.15, -0.1) is 24.0 Å². The van der Waals surface area contributed by atoms with Crippen molar-refractivity contribution in [1.82, 2.24) is 15.5 Å². The molecule has 0 saturated carbocycles. The lowest BCUT2D eigenvalue weighted by Gasteiger charge is -2.32. The van der Waals surface area contributed by atoms with E-state index in [-0.39, 0.29) is 24.0 Å². The Bertz CT molecular complexity index is 502. The zero-order valence-corrected chi connectivity index (χ0v) is 18.6. The Labute approximate surface area is 172 Å². The molecule has 0 spiro atoms. The molecule has 1 aromatic rings. The van der Waals surface area contributed by atoms with Crippen LogP contribution in [0.3, 0.4) is 0 Å². The summed E-state index contributed by atoms with van der Waals surface area (Å²) in [7, 11) is 0. The van der Waals surface area contributed by atoms with Gasteiger partial charge in [-0.2, -0.15) is 0 Å². The zero-order chi connectivity index (χ0) is 16.5. The summed E-state index contributed by atoms with van der Waals surface area (Å²) in [5.41, 5.74) is 1.22. The number of likely N-dealkylation sites (tertiary alicyclic amines) is 1. The Morgan fingerprint density at radius 1 is 1.29 bits per heavy atom. The topological polar surface area (TPSA) is 39.7 Å². The first-order valence-corrected chi connectivity index (χ1v) is 9.52. The second-order valence-corrected chi connectivity index (χ2v) is 7.00. The average molecular weight is 509 g/mol. The Balaban J connectivity index is 0.00000288. The zero-order valence-electron chi connectivity index (χ0n) is 14.7. The van der Waals surface area contributed by atoms with Gasteiger partial charge in [-0.05, 0) is 50.4 Å². The molecule has 1 fully saturated rings. The molecule has 2 N–H and O–H groups in total. The minimum absolute atomic E-state index is 0. The van der Waals surface area contributed by atoms with E-state index < -0.39 is 0 Å². The Kier molecular flexibility index (Phi) is 10.9. The molecule has 0 aliphatic carbocycles. The molecule has 1 aliphatic heterocycles. The molecule has 1 heterocycles. The number of nitrogens with one attached hydrogen (secondary N) is 2. The van der Waals surface area contributed by atoms with Crippen molar-refractivity contribution in [2.45, 2.75) is 45.7 Å². The maximum absolute atomic E-state index is 4.73. The Morgan fingerprint density at radius 3 is 2.67 bits per heavy atom. The molecule has 1 aromatic carbocycles. The van der Waals surface area contributed by atoms with E-state index in [1.54, 1.807) is 0 Å². The van der Waals surface area contributed by atoms with E-state index in [9.17, 15) is 0 Å². The van der Waals surface area contributed by atoms with Gasteiger partial charge in [0.05, 0.1) is 6.54 Å². The van der Waals surface area contributed by atoms with Crippen molar-refractivity contribution in [1.29, 1.82) is 0 Å². The van der Waals surface area contributed by atoms with Crippen LogP contribution in [0.1, 0.15) is 38.7 Å². The van der Waals surface area contributed by atoms with Crippen LogP contribution in [-0.4, -0.2) is 43.1 Å². The molecule has 0 aromatic heterocycles. The number of hydrogen-bond donors (Lipinski definition) is 2. The van der Waals surface area contributed by atoms with Crippen LogP contribution in [0.5, 0.6) is 0 Å². The monoisotopic (exact) mass is 508 g/mol. The van der Waals surface area contributed by atoms with Crippen LogP contribution in [0, 0.1) is 0 Å². The van der Waals surface area contributed by atoms with Crippen LogP contribution in [0.25, 0.3) is 0 Å².